The summed E-state index contributed by atoms with van der Waals surface area (Å²) in [7, 11) is 1.60. The molecule has 2 heterocycles. The molecule has 30 heavy (non-hydrogen) atoms. The van der Waals surface area contributed by atoms with Gasteiger partial charge in [0.05, 0.1) is 30.9 Å². The number of hydrogen-bond acceptors (Lipinski definition) is 6. The number of rotatable bonds is 5. The summed E-state index contributed by atoms with van der Waals surface area (Å²) in [6, 6.07) is 15.9. The van der Waals surface area contributed by atoms with E-state index in [1.54, 1.807) is 7.11 Å². The monoisotopic (exact) mass is 402 g/mol. The van der Waals surface area contributed by atoms with Crippen molar-refractivity contribution in [3.8, 4) is 34.7 Å². The lowest BCUT2D eigenvalue weighted by Crippen LogP contribution is -2.21. The molecule has 0 amide bonds. The third-order valence-electron chi connectivity index (χ3n) is 5.10. The lowest BCUT2D eigenvalue weighted by molar-refractivity contribution is 0.311. The molecule has 1 atom stereocenters. The predicted molar refractivity (Wildman–Crippen MR) is 112 cm³/mol. The number of fused-ring (bicyclic) bond motifs is 1. The third-order valence-corrected chi connectivity index (χ3v) is 5.10. The quantitative estimate of drug-likeness (QED) is 0.668. The molecule has 1 aliphatic heterocycles. The Morgan fingerprint density at radius 1 is 1.20 bits per heavy atom. The van der Waals surface area contributed by atoms with Crippen LogP contribution in [0.4, 0.5) is 0 Å². The molecule has 1 aromatic heterocycles. The molecule has 0 saturated carbocycles. The number of aromatic nitrogens is 2. The van der Waals surface area contributed by atoms with Gasteiger partial charge >= 0.3 is 0 Å². The first-order chi connectivity index (χ1) is 14.6. The van der Waals surface area contributed by atoms with Crippen LogP contribution in [0.25, 0.3) is 11.3 Å². The Bertz CT molecular complexity index is 1160. The zero-order chi connectivity index (χ0) is 21.3. The van der Waals surface area contributed by atoms with Crippen LogP contribution in [0.2, 0.25) is 0 Å². The number of benzene rings is 2. The van der Waals surface area contributed by atoms with Crippen LogP contribution in [-0.4, -0.2) is 23.9 Å². The predicted octanol–water partition coefficient (Wildman–Crippen LogP) is 4.01. The molecule has 3 N–H and O–H groups in total. The van der Waals surface area contributed by atoms with E-state index in [1.807, 2.05) is 56.3 Å². The van der Waals surface area contributed by atoms with Gasteiger partial charge in [-0.15, -0.1) is 5.10 Å². The van der Waals surface area contributed by atoms with Gasteiger partial charge in [-0.1, -0.05) is 29.8 Å². The highest BCUT2D eigenvalue weighted by molar-refractivity contribution is 5.72. The van der Waals surface area contributed by atoms with E-state index in [0.717, 1.165) is 27.9 Å². The zero-order valence-corrected chi connectivity index (χ0v) is 17.0. The van der Waals surface area contributed by atoms with Crippen LogP contribution < -0.4 is 19.9 Å². The Hall–Kier alpha value is -3.92. The van der Waals surface area contributed by atoms with Crippen molar-refractivity contribution in [3.63, 3.8) is 0 Å². The summed E-state index contributed by atoms with van der Waals surface area (Å²) in [6.07, 6.45) is 0. The smallest absolute Gasteiger partial charge is 0.244 e. The molecule has 2 aromatic carbocycles. The number of nitriles is 1. The van der Waals surface area contributed by atoms with Gasteiger partial charge in [-0.05, 0) is 37.6 Å². The first kappa shape index (κ1) is 19.4. The highest BCUT2D eigenvalue weighted by atomic mass is 16.5. The van der Waals surface area contributed by atoms with Gasteiger partial charge in [-0.3, -0.25) is 5.10 Å². The van der Waals surface area contributed by atoms with E-state index in [1.165, 1.54) is 0 Å². The number of nitrogens with two attached hydrogens (primary N) is 1. The fourth-order valence-corrected chi connectivity index (χ4v) is 3.66. The lowest BCUT2D eigenvalue weighted by atomic mass is 9.83. The summed E-state index contributed by atoms with van der Waals surface area (Å²) in [5, 5.41) is 17.2. The van der Waals surface area contributed by atoms with Crippen LogP contribution in [0.15, 0.2) is 53.9 Å². The van der Waals surface area contributed by atoms with Crippen molar-refractivity contribution >= 4 is 0 Å². The van der Waals surface area contributed by atoms with Gasteiger partial charge in [0.25, 0.3) is 0 Å². The molecule has 0 spiro atoms. The fourth-order valence-electron chi connectivity index (χ4n) is 3.66. The third kappa shape index (κ3) is 3.22. The van der Waals surface area contributed by atoms with E-state index in [4.69, 9.17) is 19.9 Å². The van der Waals surface area contributed by atoms with Crippen molar-refractivity contribution in [3.05, 3.63) is 70.6 Å². The van der Waals surface area contributed by atoms with Crippen LogP contribution >= 0.6 is 0 Å². The number of ether oxygens (including phenoxy) is 3. The van der Waals surface area contributed by atoms with Crippen LogP contribution in [0.1, 0.15) is 29.5 Å². The Labute approximate surface area is 174 Å². The highest BCUT2D eigenvalue weighted by Crippen LogP contribution is 2.46. The Kier molecular flexibility index (Phi) is 5.07. The summed E-state index contributed by atoms with van der Waals surface area (Å²) in [4.78, 5) is 0. The first-order valence-corrected chi connectivity index (χ1v) is 9.61. The second kappa shape index (κ2) is 7.84. The molecule has 0 aliphatic carbocycles. The minimum Gasteiger partial charge on any atom is -0.493 e. The Morgan fingerprint density at radius 2 is 1.97 bits per heavy atom. The summed E-state index contributed by atoms with van der Waals surface area (Å²) in [5.74, 6) is 1.30. The molecule has 0 saturated heterocycles. The van der Waals surface area contributed by atoms with E-state index in [-0.39, 0.29) is 5.88 Å². The number of methoxy groups -OCH3 is 1. The maximum atomic E-state index is 9.81. The fraction of sp³-hybridized carbons (Fsp3) is 0.217. The van der Waals surface area contributed by atoms with Crippen molar-refractivity contribution in [1.29, 1.82) is 5.26 Å². The molecule has 0 fully saturated rings. The number of H-pyrrole nitrogens is 1. The van der Waals surface area contributed by atoms with Crippen molar-refractivity contribution in [2.75, 3.05) is 13.7 Å². The minimum absolute atomic E-state index is 0.0675. The van der Waals surface area contributed by atoms with Crippen molar-refractivity contribution in [1.82, 2.24) is 10.2 Å². The topological polar surface area (TPSA) is 106 Å². The van der Waals surface area contributed by atoms with Gasteiger partial charge in [0.2, 0.25) is 11.8 Å². The molecule has 0 radical (unpaired) electrons. The molecule has 4 rings (SSSR count). The van der Waals surface area contributed by atoms with Gasteiger partial charge in [0, 0.05) is 5.56 Å². The van der Waals surface area contributed by atoms with Crippen molar-refractivity contribution in [2.45, 2.75) is 19.8 Å². The average molecular weight is 402 g/mol. The second-order valence-corrected chi connectivity index (χ2v) is 6.95. The standard InChI is InChI=1S/C23H22N4O3/c1-4-29-17-10-9-15(11-18(17)28-3)21-20-19(14-7-5-13(2)6-8-14)16(12-24)22(25)30-23(20)27-26-21/h5-11,19H,4,25H2,1-3H3,(H,26,27)/t19-/m1/s1. The lowest BCUT2D eigenvalue weighted by Gasteiger charge is -2.24. The van der Waals surface area contributed by atoms with Gasteiger partial charge in [0.15, 0.2) is 11.5 Å². The highest BCUT2D eigenvalue weighted by Gasteiger charge is 2.35. The van der Waals surface area contributed by atoms with E-state index in [2.05, 4.69) is 16.3 Å². The normalized spacial score (nSPS) is 15.2. The van der Waals surface area contributed by atoms with Gasteiger partial charge < -0.3 is 19.9 Å². The Morgan fingerprint density at radius 3 is 2.63 bits per heavy atom. The van der Waals surface area contributed by atoms with Crippen molar-refractivity contribution in [2.24, 2.45) is 5.73 Å². The van der Waals surface area contributed by atoms with Crippen LogP contribution in [0.5, 0.6) is 17.4 Å². The minimum atomic E-state index is -0.398. The van der Waals surface area contributed by atoms with E-state index in [9.17, 15) is 5.26 Å². The molecule has 1 aliphatic rings. The first-order valence-electron chi connectivity index (χ1n) is 9.61. The molecule has 0 bridgehead atoms. The molecule has 0 unspecified atom stereocenters. The molecular formula is C23H22N4O3. The van der Waals surface area contributed by atoms with Crippen LogP contribution in [0, 0.1) is 18.3 Å². The maximum absolute atomic E-state index is 9.81. The summed E-state index contributed by atoms with van der Waals surface area (Å²) >= 11 is 0. The SMILES string of the molecule is CCOc1ccc(-c2[nH]nc3c2[C@H](c2ccc(C)cc2)C(C#N)=C(N)O3)cc1OC. The number of aromatic amines is 1. The summed E-state index contributed by atoms with van der Waals surface area (Å²) in [5.41, 5.74) is 10.8. The van der Waals surface area contributed by atoms with Gasteiger partial charge in [-0.25, -0.2) is 0 Å². The zero-order valence-electron chi connectivity index (χ0n) is 17.0. The largest absolute Gasteiger partial charge is 0.493 e. The molecule has 152 valence electrons. The summed E-state index contributed by atoms with van der Waals surface area (Å²) in [6.45, 7) is 4.47. The van der Waals surface area contributed by atoms with E-state index >= 15 is 0 Å². The maximum Gasteiger partial charge on any atom is 0.244 e. The number of hydrogen-bond donors (Lipinski definition) is 2. The number of allylic oxidation sites excluding steroid dienone is 1. The van der Waals surface area contributed by atoms with E-state index in [0.29, 0.717) is 29.6 Å². The van der Waals surface area contributed by atoms with Gasteiger partial charge in [-0.2, -0.15) is 5.26 Å². The number of nitrogens with one attached hydrogen (secondary N) is 1. The number of nitrogens with zero attached hydrogens (tertiary/aromatic N) is 2. The molecular weight excluding hydrogens is 380 g/mol. The average Bonchev–Trinajstić information content (AvgIpc) is 3.17. The molecule has 3 aromatic rings. The van der Waals surface area contributed by atoms with Crippen LogP contribution in [0.3, 0.4) is 0 Å². The van der Waals surface area contributed by atoms with Crippen molar-refractivity contribution < 1.29 is 14.2 Å². The molecule has 7 nitrogen and oxygen atoms in total. The van der Waals surface area contributed by atoms with E-state index < -0.39 is 5.92 Å². The number of aryl methyl sites for hydroxylation is 1. The second-order valence-electron chi connectivity index (χ2n) is 6.95. The molecule has 7 heteroatoms. The van der Waals surface area contributed by atoms with Gasteiger partial charge in [0.1, 0.15) is 11.6 Å². The Balaban J connectivity index is 1.89. The van der Waals surface area contributed by atoms with Crippen LogP contribution in [-0.2, 0) is 0 Å². The summed E-state index contributed by atoms with van der Waals surface area (Å²) < 4.78 is 16.8.